The summed E-state index contributed by atoms with van der Waals surface area (Å²) in [6.45, 7) is 45.1. The Balaban J connectivity index is 0.671. The third-order valence-electron chi connectivity index (χ3n) is 21.9. The SMILES string of the molecule is CC1(C)O[C@@H]2[C@H](O1)[C@@H](OCCC[Si](C)(CCCO[C@H]1O[C@@H]3COC(C)(C)O[C@H]3[C@@H]3OC(C)(C)O[C@H]13)CCC[Si](C)(C)CCC[Si](C)(CCCO[C@H]1O[C@@H]3COC(C)(C)O[C@H]3[C@@H]3OC(C)(C)O[C@H]13)CCCO[C@H]1O[C@@H]3COC(C)(C)O[C@H]3[C@@H]3OC(C)(C)O[C@H]13)O[C@@H]1COC(C)(C)O[C@@H]21. The highest BCUT2D eigenvalue weighted by molar-refractivity contribution is 6.80. The van der Waals surface area contributed by atoms with Crippen LogP contribution in [-0.2, 0) is 114 Å². The van der Waals surface area contributed by atoms with Gasteiger partial charge in [-0.05, 0) is 136 Å². The maximum Gasteiger partial charge on any atom is 0.187 e. The average molecular weight is 1430 g/mol. The minimum Gasteiger partial charge on any atom is -0.350 e. The lowest BCUT2D eigenvalue weighted by Gasteiger charge is -2.48. The topological polar surface area (TPSA) is 222 Å². The van der Waals surface area contributed by atoms with E-state index in [1.807, 2.05) is 111 Å². The zero-order chi connectivity index (χ0) is 69.6. The molecule has 12 fully saturated rings. The first kappa shape index (κ1) is 76.3. The summed E-state index contributed by atoms with van der Waals surface area (Å²) in [4.78, 5) is 0. The van der Waals surface area contributed by atoms with Crippen molar-refractivity contribution >= 4 is 24.2 Å². The van der Waals surface area contributed by atoms with Gasteiger partial charge < -0.3 is 114 Å². The minimum atomic E-state index is -1.89. The van der Waals surface area contributed by atoms with Crippen molar-refractivity contribution in [2.24, 2.45) is 0 Å². The lowest BCUT2D eigenvalue weighted by atomic mass is 9.97. The zero-order valence-electron chi connectivity index (χ0n) is 62.4. The second kappa shape index (κ2) is 29.1. The van der Waals surface area contributed by atoms with Crippen LogP contribution in [0.1, 0.15) is 149 Å². The molecule has 0 N–H and O–H groups in total. The van der Waals surface area contributed by atoms with E-state index in [0.717, 1.165) is 49.9 Å². The molecule has 0 aromatic carbocycles. The highest BCUT2D eigenvalue weighted by atomic mass is 28.3. The van der Waals surface area contributed by atoms with Crippen LogP contribution in [-0.4, -0.2) is 246 Å². The molecule has 0 spiro atoms. The number of fused-ring (bicyclic) bond motifs is 12. The molecule has 0 bridgehead atoms. The minimum absolute atomic E-state index is 0.326. The number of ether oxygens (including phenoxy) is 24. The summed E-state index contributed by atoms with van der Waals surface area (Å²) in [7, 11) is -5.43. The van der Waals surface area contributed by atoms with Crippen molar-refractivity contribution < 1.29 is 114 Å². The molecule has 12 heterocycles. The molecule has 12 rings (SSSR count). The van der Waals surface area contributed by atoms with E-state index in [0.29, 0.717) is 52.9 Å². The molecule has 20 atom stereocenters. The second-order valence-corrected chi connectivity index (χ2v) is 50.6. The molecule has 0 aromatic heterocycles. The molecule has 27 heteroatoms. The first-order valence-corrected chi connectivity index (χ1v) is 46.7. The van der Waals surface area contributed by atoms with Gasteiger partial charge >= 0.3 is 0 Å². The van der Waals surface area contributed by atoms with Crippen LogP contribution in [0.2, 0.25) is 74.5 Å². The van der Waals surface area contributed by atoms with Gasteiger partial charge in [0.25, 0.3) is 0 Å². The van der Waals surface area contributed by atoms with Gasteiger partial charge in [-0.15, -0.1) is 0 Å². The Bertz CT molecular complexity index is 2290. The van der Waals surface area contributed by atoms with Gasteiger partial charge in [0.2, 0.25) is 0 Å². The first-order valence-electron chi connectivity index (χ1n) is 37.0. The van der Waals surface area contributed by atoms with E-state index in [1.165, 1.54) is 37.0 Å². The quantitative estimate of drug-likeness (QED) is 0.0525. The standard InChI is InChI=1S/C70H124O24Si3/c1-63(2)75-39-43-47(83-63)51-55(91-67(9,10)87-51)59(79-43)71-27-21-33-96(19,34-22-28-72-60-56-52(88-68(11,12)92-56)48-44(80-60)40-76-64(3,4)84-48)37-25-31-95(17,18)32-26-38-97(20,35-23-29-73-61-57-53(89-69(13,14)93-57)49-45(81-61)41-77-65(5,6)85-49)36-24-30-74-62-58-54(90-70(15,16)94-58)50-46(82-62)42-78-66(7,8)86-50/h43-62H,21-42H2,1-20H3/t43-,44-,45-,46-,47-,48-,49-,50-,51+,52+,53+,54+,55+,56+,57+,58+,59+,60+,61+,62+/m1/s1. The van der Waals surface area contributed by atoms with Crippen LogP contribution in [0.4, 0.5) is 0 Å². The van der Waals surface area contributed by atoms with Gasteiger partial charge in [-0.1, -0.05) is 87.4 Å². The summed E-state index contributed by atoms with van der Waals surface area (Å²) in [6, 6.07) is 9.43. The van der Waals surface area contributed by atoms with E-state index in [4.69, 9.17) is 114 Å². The number of hydrogen-bond donors (Lipinski definition) is 0. The van der Waals surface area contributed by atoms with E-state index in [1.54, 1.807) is 0 Å². The van der Waals surface area contributed by atoms with Crippen LogP contribution in [0, 0.1) is 0 Å². The largest absolute Gasteiger partial charge is 0.350 e. The smallest absolute Gasteiger partial charge is 0.187 e. The second-order valence-electron chi connectivity index (χ2n) is 35.0. The van der Waals surface area contributed by atoms with Crippen molar-refractivity contribution in [1.29, 1.82) is 0 Å². The molecule has 12 aliphatic heterocycles. The third kappa shape index (κ3) is 18.7. The van der Waals surface area contributed by atoms with Gasteiger partial charge in [0.1, 0.15) is 97.7 Å². The lowest BCUT2D eigenvalue weighted by Crippen LogP contribution is -2.63. The number of hydrogen-bond acceptors (Lipinski definition) is 24. The van der Waals surface area contributed by atoms with Crippen molar-refractivity contribution in [3.05, 3.63) is 0 Å². The maximum atomic E-state index is 6.69. The summed E-state index contributed by atoms with van der Waals surface area (Å²) in [5.74, 6) is -6.20. The van der Waals surface area contributed by atoms with Gasteiger partial charge in [0, 0.05) is 34.5 Å². The van der Waals surface area contributed by atoms with Crippen LogP contribution in [0.15, 0.2) is 0 Å². The van der Waals surface area contributed by atoms with Gasteiger partial charge in [-0.3, -0.25) is 0 Å². The van der Waals surface area contributed by atoms with Crippen molar-refractivity contribution in [1.82, 2.24) is 0 Å². The molecule has 0 saturated carbocycles. The van der Waals surface area contributed by atoms with Crippen LogP contribution in [0.25, 0.3) is 0 Å². The Morgan fingerprint density at radius 1 is 0.247 bits per heavy atom. The fraction of sp³-hybridized carbons (Fsp3) is 1.00. The summed E-state index contributed by atoms with van der Waals surface area (Å²) >= 11 is 0. The summed E-state index contributed by atoms with van der Waals surface area (Å²) in [6.07, 6.45) is -2.01. The van der Waals surface area contributed by atoms with Crippen LogP contribution >= 0.6 is 0 Å². The Morgan fingerprint density at radius 3 is 0.670 bits per heavy atom. The Morgan fingerprint density at radius 2 is 0.443 bits per heavy atom. The summed E-state index contributed by atoms with van der Waals surface area (Å²) < 4.78 is 155. The molecule has 24 nitrogen and oxygen atoms in total. The monoisotopic (exact) mass is 1430 g/mol. The van der Waals surface area contributed by atoms with E-state index >= 15 is 0 Å². The number of rotatable bonds is 28. The normalized spacial score (nSPS) is 40.9. The van der Waals surface area contributed by atoms with E-state index in [2.05, 4.69) is 26.2 Å². The predicted molar refractivity (Wildman–Crippen MR) is 360 cm³/mol. The molecule has 0 aromatic rings. The summed E-state index contributed by atoms with van der Waals surface area (Å²) in [5.41, 5.74) is 0. The molecule has 0 aliphatic carbocycles. The fourth-order valence-corrected chi connectivity index (χ4v) is 27.9. The van der Waals surface area contributed by atoms with Crippen molar-refractivity contribution in [3.63, 3.8) is 0 Å². The fourth-order valence-electron chi connectivity index (χ4n) is 17.2. The Labute approximate surface area is 581 Å². The van der Waals surface area contributed by atoms with Gasteiger partial charge in [-0.25, -0.2) is 0 Å². The molecule has 560 valence electrons. The molecule has 97 heavy (non-hydrogen) atoms. The molecule has 12 aliphatic rings. The Kier molecular flexibility index (Phi) is 22.9. The summed E-state index contributed by atoms with van der Waals surface area (Å²) in [5, 5.41) is 0. The molecule has 0 amide bonds. The highest BCUT2D eigenvalue weighted by Gasteiger charge is 2.63. The molecule has 0 radical (unpaired) electrons. The van der Waals surface area contributed by atoms with E-state index in [-0.39, 0.29) is 73.2 Å². The van der Waals surface area contributed by atoms with Crippen LogP contribution < -0.4 is 0 Å². The zero-order valence-corrected chi connectivity index (χ0v) is 65.4. The molecule has 12 saturated heterocycles. The highest BCUT2D eigenvalue weighted by Crippen LogP contribution is 2.48. The molecule has 0 unspecified atom stereocenters. The van der Waals surface area contributed by atoms with Crippen molar-refractivity contribution in [2.75, 3.05) is 52.9 Å². The van der Waals surface area contributed by atoms with Crippen LogP contribution in [0.3, 0.4) is 0 Å². The maximum absolute atomic E-state index is 6.69. The first-order chi connectivity index (χ1) is 45.2. The average Bonchev–Trinajstić information content (AvgIpc) is 1.68. The van der Waals surface area contributed by atoms with Gasteiger partial charge in [0.05, 0.1) is 42.6 Å². The van der Waals surface area contributed by atoms with Crippen molar-refractivity contribution in [3.8, 4) is 0 Å². The van der Waals surface area contributed by atoms with Crippen LogP contribution in [0.5, 0.6) is 0 Å². The van der Waals surface area contributed by atoms with Gasteiger partial charge in [-0.2, -0.15) is 0 Å². The third-order valence-corrected chi connectivity index (χ3v) is 34.7. The predicted octanol–water partition coefficient (Wildman–Crippen LogP) is 10.8. The van der Waals surface area contributed by atoms with E-state index < -0.39 is 120 Å². The molecular weight excluding hydrogens is 1310 g/mol. The van der Waals surface area contributed by atoms with Crippen molar-refractivity contribution in [2.45, 2.75) is 393 Å². The lowest BCUT2D eigenvalue weighted by molar-refractivity contribution is -0.370. The Hall–Kier alpha value is -0.309. The van der Waals surface area contributed by atoms with Gasteiger partial charge in [0.15, 0.2) is 71.5 Å². The molecular formula is C70H124O24Si3. The van der Waals surface area contributed by atoms with E-state index in [9.17, 15) is 0 Å².